The summed E-state index contributed by atoms with van der Waals surface area (Å²) in [5, 5.41) is 3.60. The molecule has 0 spiro atoms. The van der Waals surface area contributed by atoms with E-state index in [1.165, 1.54) is 0 Å². The number of anilines is 1. The Kier molecular flexibility index (Phi) is 3.78. The van der Waals surface area contributed by atoms with Gasteiger partial charge in [-0.2, -0.15) is 0 Å². The Morgan fingerprint density at radius 2 is 1.63 bits per heavy atom. The van der Waals surface area contributed by atoms with Crippen molar-refractivity contribution < 1.29 is 9.63 Å². The van der Waals surface area contributed by atoms with Gasteiger partial charge in [-0.3, -0.25) is 0 Å². The predicted molar refractivity (Wildman–Crippen MR) is 73.4 cm³/mol. The molecule has 0 bridgehead atoms. The Labute approximate surface area is 110 Å². The Hall–Kier alpha value is -2.82. The van der Waals surface area contributed by atoms with Crippen LogP contribution in [0.3, 0.4) is 0 Å². The smallest absolute Gasteiger partial charge is 0.367 e. The van der Waals surface area contributed by atoms with E-state index in [2.05, 4.69) is 5.16 Å². The molecule has 2 aromatic carbocycles. The number of benzene rings is 2. The fourth-order valence-corrected chi connectivity index (χ4v) is 1.48. The molecular weight excluding hydrogens is 242 g/mol. The molecule has 0 amide bonds. The SMILES string of the molecule is N/C(=N\OC(=O)c1ccccc1N)c1ccccc1. The van der Waals surface area contributed by atoms with Gasteiger partial charge in [0.05, 0.1) is 5.56 Å². The molecule has 0 saturated carbocycles. The van der Waals surface area contributed by atoms with E-state index < -0.39 is 5.97 Å². The van der Waals surface area contributed by atoms with Crippen LogP contribution >= 0.6 is 0 Å². The standard InChI is InChI=1S/C14H13N3O2/c15-12-9-5-4-8-11(12)14(18)19-17-13(16)10-6-2-1-3-7-10/h1-9H,15H2,(H2,16,17). The van der Waals surface area contributed by atoms with Crippen molar-refractivity contribution in [1.29, 1.82) is 0 Å². The summed E-state index contributed by atoms with van der Waals surface area (Å²) in [5.41, 5.74) is 12.6. The Morgan fingerprint density at radius 1 is 1.00 bits per heavy atom. The summed E-state index contributed by atoms with van der Waals surface area (Å²) < 4.78 is 0. The first-order chi connectivity index (χ1) is 9.18. The van der Waals surface area contributed by atoms with Gasteiger partial charge >= 0.3 is 5.97 Å². The third kappa shape index (κ3) is 3.10. The summed E-state index contributed by atoms with van der Waals surface area (Å²) in [6.07, 6.45) is 0. The number of oxime groups is 1. The number of nitrogens with two attached hydrogens (primary N) is 2. The quantitative estimate of drug-likeness (QED) is 0.287. The second kappa shape index (κ2) is 5.68. The molecule has 19 heavy (non-hydrogen) atoms. The van der Waals surface area contributed by atoms with Crippen LogP contribution in [0.15, 0.2) is 59.8 Å². The normalized spacial score (nSPS) is 11.1. The van der Waals surface area contributed by atoms with Crippen molar-refractivity contribution in [3.8, 4) is 0 Å². The number of nitrogens with zero attached hydrogens (tertiary/aromatic N) is 1. The number of rotatable bonds is 3. The molecule has 0 aromatic heterocycles. The van der Waals surface area contributed by atoms with Gasteiger partial charge in [0.15, 0.2) is 5.84 Å². The number of para-hydroxylation sites is 1. The number of carbonyl (C=O) groups is 1. The Bertz CT molecular complexity index is 609. The summed E-state index contributed by atoms with van der Waals surface area (Å²) in [4.78, 5) is 16.5. The topological polar surface area (TPSA) is 90.7 Å². The summed E-state index contributed by atoms with van der Waals surface area (Å²) in [6.45, 7) is 0. The average molecular weight is 255 g/mol. The first kappa shape index (κ1) is 12.6. The highest BCUT2D eigenvalue weighted by Crippen LogP contribution is 2.12. The van der Waals surface area contributed by atoms with Gasteiger partial charge in [0.2, 0.25) is 0 Å². The van der Waals surface area contributed by atoms with Crippen LogP contribution in [-0.2, 0) is 4.84 Å². The molecule has 0 aliphatic rings. The van der Waals surface area contributed by atoms with E-state index >= 15 is 0 Å². The van der Waals surface area contributed by atoms with E-state index in [0.29, 0.717) is 11.3 Å². The number of nitrogen functional groups attached to an aromatic ring is 1. The molecule has 5 heteroatoms. The first-order valence-electron chi connectivity index (χ1n) is 5.63. The summed E-state index contributed by atoms with van der Waals surface area (Å²) in [6, 6.07) is 15.6. The van der Waals surface area contributed by atoms with Crippen LogP contribution in [-0.4, -0.2) is 11.8 Å². The molecule has 0 heterocycles. The molecule has 0 radical (unpaired) electrons. The average Bonchev–Trinajstić information content (AvgIpc) is 2.46. The van der Waals surface area contributed by atoms with Gasteiger partial charge in [-0.05, 0) is 12.1 Å². The lowest BCUT2D eigenvalue weighted by Crippen LogP contribution is -2.15. The lowest BCUT2D eigenvalue weighted by molar-refractivity contribution is 0.0517. The monoisotopic (exact) mass is 255 g/mol. The van der Waals surface area contributed by atoms with E-state index in [9.17, 15) is 4.79 Å². The molecule has 0 aliphatic heterocycles. The lowest BCUT2D eigenvalue weighted by atomic mass is 10.2. The van der Waals surface area contributed by atoms with Crippen LogP contribution in [0.2, 0.25) is 0 Å². The maximum atomic E-state index is 11.7. The largest absolute Gasteiger partial charge is 0.398 e. The second-order valence-corrected chi connectivity index (χ2v) is 3.81. The third-order valence-electron chi connectivity index (χ3n) is 2.48. The summed E-state index contributed by atoms with van der Waals surface area (Å²) in [5.74, 6) is -0.513. The van der Waals surface area contributed by atoms with E-state index in [0.717, 1.165) is 0 Å². The highest BCUT2D eigenvalue weighted by molar-refractivity contribution is 5.99. The second-order valence-electron chi connectivity index (χ2n) is 3.81. The fourth-order valence-electron chi connectivity index (χ4n) is 1.48. The summed E-state index contributed by atoms with van der Waals surface area (Å²) >= 11 is 0. The highest BCUT2D eigenvalue weighted by Gasteiger charge is 2.10. The maximum Gasteiger partial charge on any atom is 0.367 e. The molecule has 96 valence electrons. The minimum atomic E-state index is -0.642. The highest BCUT2D eigenvalue weighted by atomic mass is 16.7. The van der Waals surface area contributed by atoms with Gasteiger partial charge < -0.3 is 16.3 Å². The van der Waals surface area contributed by atoms with E-state index in [4.69, 9.17) is 16.3 Å². The van der Waals surface area contributed by atoms with Gasteiger partial charge in [-0.15, -0.1) is 0 Å². The fraction of sp³-hybridized carbons (Fsp3) is 0. The molecule has 5 nitrogen and oxygen atoms in total. The Balaban J connectivity index is 2.11. The van der Waals surface area contributed by atoms with Gasteiger partial charge in [0.1, 0.15) is 0 Å². The number of carbonyl (C=O) groups excluding carboxylic acids is 1. The van der Waals surface area contributed by atoms with Crippen LogP contribution in [0.25, 0.3) is 0 Å². The van der Waals surface area contributed by atoms with Crippen LogP contribution in [0, 0.1) is 0 Å². The molecular formula is C14H13N3O2. The van der Waals surface area contributed by atoms with Crippen LogP contribution in [0.1, 0.15) is 15.9 Å². The predicted octanol–water partition coefficient (Wildman–Crippen LogP) is 1.75. The molecule has 0 atom stereocenters. The first-order valence-corrected chi connectivity index (χ1v) is 5.63. The van der Waals surface area contributed by atoms with Crippen molar-refractivity contribution in [1.82, 2.24) is 0 Å². The Morgan fingerprint density at radius 3 is 2.32 bits per heavy atom. The molecule has 0 aliphatic carbocycles. The minimum absolute atomic E-state index is 0.128. The van der Waals surface area contributed by atoms with Gasteiger partial charge in [0.25, 0.3) is 0 Å². The van der Waals surface area contributed by atoms with Crippen LogP contribution in [0.4, 0.5) is 5.69 Å². The van der Waals surface area contributed by atoms with Crippen molar-refractivity contribution in [2.45, 2.75) is 0 Å². The van der Waals surface area contributed by atoms with Gasteiger partial charge in [0, 0.05) is 11.3 Å². The molecule has 0 unspecified atom stereocenters. The number of amidine groups is 1. The molecule has 2 aromatic rings. The maximum absolute atomic E-state index is 11.7. The van der Waals surface area contributed by atoms with E-state index in [1.807, 2.05) is 18.2 Å². The lowest BCUT2D eigenvalue weighted by Gasteiger charge is -2.03. The van der Waals surface area contributed by atoms with Crippen molar-refractivity contribution >= 4 is 17.5 Å². The molecule has 4 N–H and O–H groups in total. The van der Waals surface area contributed by atoms with Crippen molar-refractivity contribution in [2.24, 2.45) is 10.9 Å². The zero-order chi connectivity index (χ0) is 13.7. The third-order valence-corrected chi connectivity index (χ3v) is 2.48. The van der Waals surface area contributed by atoms with Gasteiger partial charge in [-0.25, -0.2) is 4.79 Å². The van der Waals surface area contributed by atoms with Crippen molar-refractivity contribution in [3.05, 3.63) is 65.7 Å². The molecule has 0 fully saturated rings. The molecule has 2 rings (SSSR count). The van der Waals surface area contributed by atoms with E-state index in [1.54, 1.807) is 36.4 Å². The number of hydrogen-bond acceptors (Lipinski definition) is 4. The zero-order valence-corrected chi connectivity index (χ0v) is 10.1. The molecule has 0 saturated heterocycles. The van der Waals surface area contributed by atoms with E-state index in [-0.39, 0.29) is 11.4 Å². The van der Waals surface area contributed by atoms with Gasteiger partial charge in [-0.1, -0.05) is 47.6 Å². The van der Waals surface area contributed by atoms with Crippen molar-refractivity contribution in [2.75, 3.05) is 5.73 Å². The zero-order valence-electron chi connectivity index (χ0n) is 10.1. The summed E-state index contributed by atoms with van der Waals surface area (Å²) in [7, 11) is 0. The minimum Gasteiger partial charge on any atom is -0.398 e. The van der Waals surface area contributed by atoms with Crippen LogP contribution in [0.5, 0.6) is 0 Å². The number of hydrogen-bond donors (Lipinski definition) is 2. The van der Waals surface area contributed by atoms with Crippen LogP contribution < -0.4 is 11.5 Å². The van der Waals surface area contributed by atoms with Crippen molar-refractivity contribution in [3.63, 3.8) is 0 Å².